The van der Waals surface area contributed by atoms with Crippen molar-refractivity contribution in [3.63, 3.8) is 0 Å². The Hall–Kier alpha value is -3.24. The fraction of sp³-hybridized carbons (Fsp3) is 0.318. The van der Waals surface area contributed by atoms with Crippen LogP contribution in [0.15, 0.2) is 54.7 Å². The third-order valence-corrected chi connectivity index (χ3v) is 5.32. The lowest BCUT2D eigenvalue weighted by Crippen LogP contribution is -2.38. The van der Waals surface area contributed by atoms with E-state index in [-0.39, 0.29) is 6.04 Å². The first-order chi connectivity index (χ1) is 15.2. The zero-order valence-corrected chi connectivity index (χ0v) is 17.1. The van der Waals surface area contributed by atoms with Crippen molar-refractivity contribution in [1.82, 2.24) is 20.3 Å². The Morgan fingerprint density at radius 2 is 1.88 bits per heavy atom. The molecule has 0 aliphatic carbocycles. The number of ether oxygens (including phenoxy) is 1. The van der Waals surface area contributed by atoms with E-state index in [1.165, 1.54) is 23.7 Å². The summed E-state index contributed by atoms with van der Waals surface area (Å²) in [5, 5.41) is 21.3. The molecule has 0 saturated carbocycles. The predicted octanol–water partition coefficient (Wildman–Crippen LogP) is 2.76. The quantitative estimate of drug-likeness (QED) is 0.586. The second-order valence-corrected chi connectivity index (χ2v) is 7.65. The van der Waals surface area contributed by atoms with Crippen LogP contribution in [0.4, 0.5) is 13.2 Å². The highest BCUT2D eigenvalue weighted by molar-refractivity contribution is 5.66. The summed E-state index contributed by atoms with van der Waals surface area (Å²) >= 11 is 0. The third-order valence-electron chi connectivity index (χ3n) is 5.32. The van der Waals surface area contributed by atoms with E-state index in [0.29, 0.717) is 24.3 Å². The van der Waals surface area contributed by atoms with Gasteiger partial charge in [-0.05, 0) is 36.2 Å². The zero-order chi connectivity index (χ0) is 22.9. The van der Waals surface area contributed by atoms with E-state index in [0.717, 1.165) is 23.3 Å². The van der Waals surface area contributed by atoms with E-state index in [4.69, 9.17) is 4.74 Å². The number of nitrogens with one attached hydrogen (secondary N) is 1. The van der Waals surface area contributed by atoms with Crippen molar-refractivity contribution in [2.45, 2.75) is 37.8 Å². The number of aliphatic hydroxyl groups is 1. The molecule has 168 valence electrons. The number of aromatic nitrogens is 3. The molecule has 0 spiro atoms. The van der Waals surface area contributed by atoms with Gasteiger partial charge >= 0.3 is 12.1 Å². The minimum Gasteiger partial charge on any atom is -0.458 e. The van der Waals surface area contributed by atoms with Gasteiger partial charge in [-0.15, -0.1) is 5.10 Å². The van der Waals surface area contributed by atoms with E-state index in [2.05, 4.69) is 15.6 Å². The van der Waals surface area contributed by atoms with E-state index in [1.54, 1.807) is 6.20 Å². The number of esters is 1. The lowest BCUT2D eigenvalue weighted by molar-refractivity contribution is -0.151. The van der Waals surface area contributed by atoms with Crippen LogP contribution in [-0.4, -0.2) is 50.9 Å². The Morgan fingerprint density at radius 1 is 1.19 bits per heavy atom. The van der Waals surface area contributed by atoms with Crippen LogP contribution >= 0.6 is 0 Å². The Morgan fingerprint density at radius 3 is 2.50 bits per heavy atom. The highest BCUT2D eigenvalue weighted by Gasteiger charge is 2.37. The molecule has 7 nitrogen and oxygen atoms in total. The number of β-amino-alcohol motifs (C(OH)–C–C–N with tert-alkyl or cyclic N) is 1. The van der Waals surface area contributed by atoms with E-state index < -0.39 is 29.9 Å². The number of aliphatic hydroxyl groups excluding tert-OH is 1. The molecule has 4 rings (SSSR count). The highest BCUT2D eigenvalue weighted by Crippen LogP contribution is 2.29. The molecule has 2 N–H and O–H groups in total. The second-order valence-electron chi connectivity index (χ2n) is 7.65. The summed E-state index contributed by atoms with van der Waals surface area (Å²) in [6.45, 7) is 1.67. The van der Waals surface area contributed by atoms with Gasteiger partial charge < -0.3 is 15.2 Å². The maximum Gasteiger partial charge on any atom is 0.416 e. The van der Waals surface area contributed by atoms with Gasteiger partial charge in [-0.1, -0.05) is 29.5 Å². The topological polar surface area (TPSA) is 89.3 Å². The molecule has 1 aliphatic heterocycles. The Kier molecular flexibility index (Phi) is 5.98. The van der Waals surface area contributed by atoms with Crippen LogP contribution in [0.5, 0.6) is 0 Å². The largest absolute Gasteiger partial charge is 0.458 e. The van der Waals surface area contributed by atoms with Crippen molar-refractivity contribution in [2.75, 3.05) is 6.54 Å². The minimum absolute atomic E-state index is 0.194. The number of alkyl halides is 3. The number of carbonyl (C=O) groups excluding carboxylic acids is 1. The van der Waals surface area contributed by atoms with E-state index >= 15 is 0 Å². The van der Waals surface area contributed by atoms with Crippen LogP contribution < -0.4 is 5.32 Å². The van der Waals surface area contributed by atoms with Crippen molar-refractivity contribution < 1.29 is 27.8 Å². The number of hydrogen-bond acceptors (Lipinski definition) is 6. The molecule has 1 aliphatic rings. The van der Waals surface area contributed by atoms with Crippen molar-refractivity contribution in [3.05, 3.63) is 65.9 Å². The lowest BCUT2D eigenvalue weighted by atomic mass is 10.00. The van der Waals surface area contributed by atoms with Crippen LogP contribution in [0, 0.1) is 0 Å². The number of benzene rings is 2. The van der Waals surface area contributed by atoms with Crippen LogP contribution in [0.3, 0.4) is 0 Å². The monoisotopic (exact) mass is 446 g/mol. The smallest absolute Gasteiger partial charge is 0.416 e. The van der Waals surface area contributed by atoms with Gasteiger partial charge in [-0.2, -0.15) is 13.2 Å². The predicted molar refractivity (Wildman–Crippen MR) is 109 cm³/mol. The number of nitrogens with zero attached hydrogens (tertiary/aromatic N) is 3. The van der Waals surface area contributed by atoms with Gasteiger partial charge in [0, 0.05) is 19.0 Å². The van der Waals surface area contributed by atoms with Crippen molar-refractivity contribution >= 4 is 5.97 Å². The van der Waals surface area contributed by atoms with Crippen molar-refractivity contribution in [1.29, 1.82) is 0 Å². The summed E-state index contributed by atoms with van der Waals surface area (Å²) < 4.78 is 44.8. The van der Waals surface area contributed by atoms with Crippen LogP contribution in [0.2, 0.25) is 0 Å². The average molecular weight is 446 g/mol. The fourth-order valence-electron chi connectivity index (χ4n) is 3.70. The molecule has 10 heteroatoms. The first kappa shape index (κ1) is 22.0. The molecule has 0 bridgehead atoms. The van der Waals surface area contributed by atoms with Crippen LogP contribution in [0.25, 0.3) is 16.9 Å². The van der Waals surface area contributed by atoms with Gasteiger partial charge in [0.1, 0.15) is 17.9 Å². The van der Waals surface area contributed by atoms with Gasteiger partial charge in [0.2, 0.25) is 0 Å². The average Bonchev–Trinajstić information content (AvgIpc) is 3.37. The van der Waals surface area contributed by atoms with Gasteiger partial charge in [-0.25, -0.2) is 4.68 Å². The summed E-state index contributed by atoms with van der Waals surface area (Å²) in [6.07, 6.45) is -3.53. The molecule has 1 fully saturated rings. The van der Waals surface area contributed by atoms with Crippen molar-refractivity contribution in [3.8, 4) is 16.9 Å². The number of carbonyl (C=O) groups is 1. The molecular formula is C22H21F3N4O3. The molecule has 3 atom stereocenters. The van der Waals surface area contributed by atoms with E-state index in [9.17, 15) is 23.1 Å². The molecule has 0 amide bonds. The zero-order valence-electron chi connectivity index (χ0n) is 17.1. The van der Waals surface area contributed by atoms with E-state index in [1.807, 2.05) is 24.3 Å². The molecule has 32 heavy (non-hydrogen) atoms. The molecule has 3 aromatic rings. The molecule has 1 saturated heterocycles. The summed E-state index contributed by atoms with van der Waals surface area (Å²) in [5.74, 6) is -0.436. The summed E-state index contributed by atoms with van der Waals surface area (Å²) in [6, 6.07) is 12.0. The summed E-state index contributed by atoms with van der Waals surface area (Å²) in [5.41, 5.74) is 2.09. The first-order valence-corrected chi connectivity index (χ1v) is 9.98. The molecular weight excluding hydrogens is 425 g/mol. The normalized spacial score (nSPS) is 21.0. The molecule has 0 radical (unpaired) electrons. The second kappa shape index (κ2) is 8.71. The third kappa shape index (κ3) is 4.81. The van der Waals surface area contributed by atoms with Gasteiger partial charge in [0.05, 0.1) is 23.5 Å². The highest BCUT2D eigenvalue weighted by atomic mass is 19.4. The lowest BCUT2D eigenvalue weighted by Gasteiger charge is -2.21. The Labute approximate surface area is 181 Å². The first-order valence-electron chi connectivity index (χ1n) is 9.98. The molecule has 0 unspecified atom stereocenters. The van der Waals surface area contributed by atoms with Crippen LogP contribution in [0.1, 0.15) is 18.1 Å². The van der Waals surface area contributed by atoms with Gasteiger partial charge in [-0.3, -0.25) is 4.79 Å². The van der Waals surface area contributed by atoms with Crippen LogP contribution in [-0.2, 0) is 22.1 Å². The number of halogens is 3. The molecule has 2 heterocycles. The maximum atomic E-state index is 12.7. The number of hydrogen-bond donors (Lipinski definition) is 2. The van der Waals surface area contributed by atoms with Gasteiger partial charge in [0.15, 0.2) is 0 Å². The number of rotatable bonds is 5. The maximum absolute atomic E-state index is 12.7. The summed E-state index contributed by atoms with van der Waals surface area (Å²) in [4.78, 5) is 11.3. The standard InChI is InChI=1S/C22H21F3N4O3/c1-13(30)32-21-18(26-11-20(21)31)10-14-2-4-15(5-3-14)19-12-29(28-27-19)17-8-6-16(7-9-17)22(23,24)25/h2-9,12,18,20-21,26,31H,10-11H2,1H3/t18-,20+,21+/m1/s1. The van der Waals surface area contributed by atoms with Crippen molar-refractivity contribution in [2.24, 2.45) is 0 Å². The molecule has 1 aromatic heterocycles. The minimum atomic E-state index is -4.39. The fourth-order valence-corrected chi connectivity index (χ4v) is 3.70. The Balaban J connectivity index is 1.45. The summed E-state index contributed by atoms with van der Waals surface area (Å²) in [7, 11) is 0. The Bertz CT molecular complexity index is 1080. The SMILES string of the molecule is CC(=O)O[C@@H]1[C@@H](O)CN[C@@H]1Cc1ccc(-c2cn(-c3ccc(C(F)(F)F)cc3)nn2)cc1. The van der Waals surface area contributed by atoms with Gasteiger partial charge in [0.25, 0.3) is 0 Å². The molecule has 2 aromatic carbocycles.